The zero-order valence-electron chi connectivity index (χ0n) is 14.1. The molecule has 0 unspecified atom stereocenters. The largest absolute Gasteiger partial charge is 0.494 e. The van der Waals surface area contributed by atoms with E-state index in [2.05, 4.69) is 15.5 Å². The first-order valence-electron chi connectivity index (χ1n) is 8.78. The van der Waals surface area contributed by atoms with E-state index in [4.69, 9.17) is 17.0 Å². The van der Waals surface area contributed by atoms with Crippen molar-refractivity contribution in [2.45, 2.75) is 39.0 Å². The third-order valence-corrected chi connectivity index (χ3v) is 4.28. The Balaban J connectivity index is 1.63. The van der Waals surface area contributed by atoms with Gasteiger partial charge in [-0.05, 0) is 70.2 Å². The van der Waals surface area contributed by atoms with E-state index in [9.17, 15) is 0 Å². The molecule has 0 bridgehead atoms. The number of nitrogens with one attached hydrogen (secondary N) is 2. The van der Waals surface area contributed by atoms with Crippen molar-refractivity contribution in [2.24, 2.45) is 0 Å². The first kappa shape index (κ1) is 18.0. The van der Waals surface area contributed by atoms with Gasteiger partial charge in [0.1, 0.15) is 5.75 Å². The molecule has 1 fully saturated rings. The summed E-state index contributed by atoms with van der Waals surface area (Å²) in [5.41, 5.74) is 0.959. The molecule has 1 heterocycles. The first-order chi connectivity index (χ1) is 11.3. The molecule has 0 spiro atoms. The highest BCUT2D eigenvalue weighted by atomic mass is 32.1. The predicted molar refractivity (Wildman–Crippen MR) is 101 cm³/mol. The van der Waals surface area contributed by atoms with E-state index in [0.717, 1.165) is 30.9 Å². The minimum atomic E-state index is 0.669. The molecule has 23 heavy (non-hydrogen) atoms. The lowest BCUT2D eigenvalue weighted by Gasteiger charge is -2.20. The van der Waals surface area contributed by atoms with Crippen molar-refractivity contribution in [3.63, 3.8) is 0 Å². The summed E-state index contributed by atoms with van der Waals surface area (Å²) in [6.07, 6.45) is 6.61. The maximum Gasteiger partial charge on any atom is 0.170 e. The van der Waals surface area contributed by atoms with Crippen LogP contribution in [0.25, 0.3) is 0 Å². The van der Waals surface area contributed by atoms with E-state index in [1.54, 1.807) is 0 Å². The van der Waals surface area contributed by atoms with Crippen molar-refractivity contribution in [1.82, 2.24) is 10.2 Å². The van der Waals surface area contributed by atoms with Gasteiger partial charge in [-0.1, -0.05) is 18.9 Å². The van der Waals surface area contributed by atoms with Gasteiger partial charge in [-0.25, -0.2) is 0 Å². The van der Waals surface area contributed by atoms with Crippen LogP contribution in [0.1, 0.15) is 39.0 Å². The molecule has 4 nitrogen and oxygen atoms in total. The number of anilines is 1. The molecule has 0 atom stereocenters. The maximum atomic E-state index is 5.49. The quantitative estimate of drug-likeness (QED) is 0.588. The van der Waals surface area contributed by atoms with Crippen LogP contribution in [-0.2, 0) is 0 Å². The number of ether oxygens (including phenoxy) is 1. The fourth-order valence-corrected chi connectivity index (χ4v) is 3.09. The highest BCUT2D eigenvalue weighted by molar-refractivity contribution is 7.80. The van der Waals surface area contributed by atoms with Crippen molar-refractivity contribution in [3.8, 4) is 5.75 Å². The Labute approximate surface area is 145 Å². The molecule has 0 aliphatic carbocycles. The standard InChI is InChI=1S/C18H29N3OS/c1-2-22-17-10-7-9-16(15-17)20-18(23)19-11-8-14-21-12-5-3-4-6-13-21/h7,9-10,15H,2-6,8,11-14H2,1H3,(H2,19,20,23). The van der Waals surface area contributed by atoms with Crippen molar-refractivity contribution < 1.29 is 4.74 Å². The van der Waals surface area contributed by atoms with E-state index < -0.39 is 0 Å². The summed E-state index contributed by atoms with van der Waals surface area (Å²) in [7, 11) is 0. The third kappa shape index (κ3) is 7.18. The lowest BCUT2D eigenvalue weighted by Crippen LogP contribution is -2.32. The zero-order valence-corrected chi connectivity index (χ0v) is 15.0. The third-order valence-electron chi connectivity index (χ3n) is 4.04. The van der Waals surface area contributed by atoms with Crippen molar-refractivity contribution in [2.75, 3.05) is 38.1 Å². The molecule has 0 amide bonds. The molecule has 128 valence electrons. The smallest absolute Gasteiger partial charge is 0.170 e. The second-order valence-electron chi connectivity index (χ2n) is 5.95. The van der Waals surface area contributed by atoms with Crippen molar-refractivity contribution >= 4 is 23.0 Å². The molecule has 0 saturated carbocycles. The second kappa shape index (κ2) is 10.4. The lowest BCUT2D eigenvalue weighted by molar-refractivity contribution is 0.282. The lowest BCUT2D eigenvalue weighted by atomic mass is 10.2. The van der Waals surface area contributed by atoms with Crippen LogP contribution in [0.5, 0.6) is 5.75 Å². The van der Waals surface area contributed by atoms with Crippen LogP contribution < -0.4 is 15.4 Å². The van der Waals surface area contributed by atoms with E-state index in [1.165, 1.54) is 38.8 Å². The SMILES string of the molecule is CCOc1cccc(NC(=S)NCCCN2CCCCCC2)c1. The number of nitrogens with zero attached hydrogens (tertiary/aromatic N) is 1. The summed E-state index contributed by atoms with van der Waals surface area (Å²) in [6.45, 7) is 7.24. The van der Waals surface area contributed by atoms with Crippen LogP contribution in [0, 0.1) is 0 Å². The molecule has 5 heteroatoms. The molecular formula is C18H29N3OS. The Morgan fingerprint density at radius 2 is 2.00 bits per heavy atom. The minimum Gasteiger partial charge on any atom is -0.494 e. The van der Waals surface area contributed by atoms with Gasteiger partial charge in [-0.3, -0.25) is 0 Å². The van der Waals surface area contributed by atoms with Gasteiger partial charge >= 0.3 is 0 Å². The molecule has 1 aliphatic heterocycles. The molecule has 0 aromatic heterocycles. The zero-order chi connectivity index (χ0) is 16.3. The van der Waals surface area contributed by atoms with E-state index in [1.807, 2.05) is 31.2 Å². The summed E-state index contributed by atoms with van der Waals surface area (Å²) < 4.78 is 5.49. The summed E-state index contributed by atoms with van der Waals surface area (Å²) in [4.78, 5) is 2.58. The van der Waals surface area contributed by atoms with Crippen LogP contribution in [0.2, 0.25) is 0 Å². The van der Waals surface area contributed by atoms with Crippen LogP contribution in [0.15, 0.2) is 24.3 Å². The van der Waals surface area contributed by atoms with Gasteiger partial charge in [0.15, 0.2) is 5.11 Å². The Morgan fingerprint density at radius 1 is 1.22 bits per heavy atom. The van der Waals surface area contributed by atoms with Crippen LogP contribution >= 0.6 is 12.2 Å². The summed E-state index contributed by atoms with van der Waals surface area (Å²) in [5.74, 6) is 0.862. The number of likely N-dealkylation sites (tertiary alicyclic amines) is 1. The summed E-state index contributed by atoms with van der Waals surface area (Å²) >= 11 is 5.36. The number of rotatable bonds is 7. The molecule has 1 aromatic carbocycles. The van der Waals surface area contributed by atoms with Gasteiger partial charge in [0.2, 0.25) is 0 Å². The highest BCUT2D eigenvalue weighted by Gasteiger charge is 2.08. The molecule has 0 radical (unpaired) electrons. The van der Waals surface area contributed by atoms with Crippen LogP contribution in [0.4, 0.5) is 5.69 Å². The van der Waals surface area contributed by atoms with Crippen LogP contribution in [0.3, 0.4) is 0 Å². The average Bonchev–Trinajstić information content (AvgIpc) is 2.81. The van der Waals surface area contributed by atoms with Crippen LogP contribution in [-0.4, -0.2) is 42.8 Å². The van der Waals surface area contributed by atoms with E-state index >= 15 is 0 Å². The predicted octanol–water partition coefficient (Wildman–Crippen LogP) is 3.64. The van der Waals surface area contributed by atoms with Gasteiger partial charge in [-0.2, -0.15) is 0 Å². The molecule has 1 aliphatic rings. The Kier molecular flexibility index (Phi) is 8.18. The normalized spacial score (nSPS) is 15.7. The number of thiocarbonyl (C=S) groups is 1. The Hall–Kier alpha value is -1.33. The van der Waals surface area contributed by atoms with Crippen molar-refractivity contribution in [3.05, 3.63) is 24.3 Å². The number of benzene rings is 1. The fourth-order valence-electron chi connectivity index (χ4n) is 2.87. The average molecular weight is 336 g/mol. The topological polar surface area (TPSA) is 36.5 Å². The van der Waals surface area contributed by atoms with Gasteiger partial charge in [-0.15, -0.1) is 0 Å². The maximum absolute atomic E-state index is 5.49. The number of hydrogen-bond donors (Lipinski definition) is 2. The molecular weight excluding hydrogens is 306 g/mol. The number of hydrogen-bond acceptors (Lipinski definition) is 3. The summed E-state index contributed by atoms with van der Waals surface area (Å²) in [5, 5.41) is 7.18. The monoisotopic (exact) mass is 335 g/mol. The first-order valence-corrected chi connectivity index (χ1v) is 9.19. The highest BCUT2D eigenvalue weighted by Crippen LogP contribution is 2.17. The fraction of sp³-hybridized carbons (Fsp3) is 0.611. The van der Waals surface area contributed by atoms with Gasteiger partial charge in [0.25, 0.3) is 0 Å². The molecule has 1 aromatic rings. The van der Waals surface area contributed by atoms with E-state index in [-0.39, 0.29) is 0 Å². The van der Waals surface area contributed by atoms with Gasteiger partial charge < -0.3 is 20.3 Å². The Morgan fingerprint density at radius 3 is 2.74 bits per heavy atom. The van der Waals surface area contributed by atoms with Gasteiger partial charge in [0, 0.05) is 18.3 Å². The summed E-state index contributed by atoms with van der Waals surface area (Å²) in [6, 6.07) is 7.88. The minimum absolute atomic E-state index is 0.669. The van der Waals surface area contributed by atoms with E-state index in [0.29, 0.717) is 11.7 Å². The molecule has 2 rings (SSSR count). The van der Waals surface area contributed by atoms with Crippen molar-refractivity contribution in [1.29, 1.82) is 0 Å². The Bertz CT molecular complexity index is 473. The molecule has 2 N–H and O–H groups in total. The van der Waals surface area contributed by atoms with Gasteiger partial charge in [0.05, 0.1) is 6.61 Å². The second-order valence-corrected chi connectivity index (χ2v) is 6.36. The molecule has 1 saturated heterocycles.